The average molecular weight is 343 g/mol. The Hall–Kier alpha value is -2.56. The number of hydrogen-bond acceptors (Lipinski definition) is 4. The van der Waals surface area contributed by atoms with Crippen molar-refractivity contribution in [3.63, 3.8) is 0 Å². The summed E-state index contributed by atoms with van der Waals surface area (Å²) in [7, 11) is 1.36. The fraction of sp³-hybridized carbons (Fsp3) is 0.400. The number of carbonyl (C=O) groups excluding carboxylic acids is 2. The fourth-order valence-electron chi connectivity index (χ4n) is 3.02. The zero-order chi connectivity index (χ0) is 18.8. The third-order valence-corrected chi connectivity index (χ3v) is 3.97. The minimum absolute atomic E-state index is 0.352. The van der Waals surface area contributed by atoms with Gasteiger partial charge in [-0.15, -0.1) is 6.58 Å². The molecule has 0 spiro atoms. The lowest BCUT2D eigenvalue weighted by atomic mass is 9.93. The van der Waals surface area contributed by atoms with E-state index in [1.807, 2.05) is 52.0 Å². The third-order valence-electron chi connectivity index (χ3n) is 3.97. The quantitative estimate of drug-likeness (QED) is 0.603. The molecule has 0 aliphatic heterocycles. The standard InChI is InChI=1S/C20H25NO4/c1-7-10-15(18(22)24-6)17-13(2)21(19(23)25-20(3,4)5)16-12-9-8-11-14(16)17/h7-9,11-12,15H,1,10H2,2-6H3. The van der Waals surface area contributed by atoms with Crippen molar-refractivity contribution >= 4 is 23.0 Å². The predicted octanol–water partition coefficient (Wildman–Crippen LogP) is 4.57. The van der Waals surface area contributed by atoms with Crippen LogP contribution in [0, 0.1) is 6.92 Å². The molecule has 0 amide bonds. The van der Waals surface area contributed by atoms with Crippen LogP contribution in [0.2, 0.25) is 0 Å². The van der Waals surface area contributed by atoms with E-state index in [4.69, 9.17) is 9.47 Å². The summed E-state index contributed by atoms with van der Waals surface area (Å²) in [6, 6.07) is 7.48. The zero-order valence-electron chi connectivity index (χ0n) is 15.5. The lowest BCUT2D eigenvalue weighted by molar-refractivity contribution is -0.142. The Kier molecular flexibility index (Phi) is 5.36. The Morgan fingerprint density at radius 3 is 2.48 bits per heavy atom. The van der Waals surface area contributed by atoms with Crippen LogP contribution in [-0.4, -0.2) is 29.3 Å². The molecular formula is C20H25NO4. The second-order valence-corrected chi connectivity index (χ2v) is 6.93. The molecule has 0 N–H and O–H groups in total. The van der Waals surface area contributed by atoms with Crippen LogP contribution in [0.5, 0.6) is 0 Å². The summed E-state index contributed by atoms with van der Waals surface area (Å²) in [5.41, 5.74) is 1.54. The Balaban J connectivity index is 2.70. The van der Waals surface area contributed by atoms with Crippen LogP contribution < -0.4 is 0 Å². The molecule has 0 aliphatic carbocycles. The molecule has 0 saturated heterocycles. The molecule has 25 heavy (non-hydrogen) atoms. The molecule has 0 saturated carbocycles. The lowest BCUT2D eigenvalue weighted by Gasteiger charge is -2.21. The number of ether oxygens (including phenoxy) is 2. The van der Waals surface area contributed by atoms with Gasteiger partial charge in [0.1, 0.15) is 5.60 Å². The van der Waals surface area contributed by atoms with Gasteiger partial charge in [-0.25, -0.2) is 9.36 Å². The number of nitrogens with zero attached hydrogens (tertiary/aromatic N) is 1. The van der Waals surface area contributed by atoms with Crippen molar-refractivity contribution in [2.45, 2.75) is 45.6 Å². The van der Waals surface area contributed by atoms with Gasteiger partial charge in [0.25, 0.3) is 0 Å². The zero-order valence-corrected chi connectivity index (χ0v) is 15.5. The number of aromatic nitrogens is 1. The maximum Gasteiger partial charge on any atom is 0.419 e. The number of esters is 1. The van der Waals surface area contributed by atoms with E-state index in [9.17, 15) is 9.59 Å². The highest BCUT2D eigenvalue weighted by molar-refractivity contribution is 5.97. The normalized spacial score (nSPS) is 12.7. The molecule has 5 heteroatoms. The average Bonchev–Trinajstić information content (AvgIpc) is 2.82. The van der Waals surface area contributed by atoms with Gasteiger partial charge in [-0.3, -0.25) is 4.79 Å². The minimum atomic E-state index is -0.613. The molecule has 0 aliphatic rings. The van der Waals surface area contributed by atoms with Gasteiger partial charge in [0, 0.05) is 11.1 Å². The monoisotopic (exact) mass is 343 g/mol. The molecule has 0 bridgehead atoms. The Morgan fingerprint density at radius 1 is 1.28 bits per heavy atom. The molecule has 2 rings (SSSR count). The molecular weight excluding hydrogens is 318 g/mol. The number of carbonyl (C=O) groups is 2. The molecule has 1 aromatic heterocycles. The second kappa shape index (κ2) is 7.13. The van der Waals surface area contributed by atoms with E-state index in [-0.39, 0.29) is 5.97 Å². The van der Waals surface area contributed by atoms with Gasteiger partial charge in [-0.2, -0.15) is 0 Å². The van der Waals surface area contributed by atoms with Crippen LogP contribution in [0.3, 0.4) is 0 Å². The van der Waals surface area contributed by atoms with Crippen LogP contribution in [0.25, 0.3) is 10.9 Å². The summed E-state index contributed by atoms with van der Waals surface area (Å²) >= 11 is 0. The van der Waals surface area contributed by atoms with E-state index in [2.05, 4.69) is 6.58 Å². The molecule has 134 valence electrons. The van der Waals surface area contributed by atoms with Crippen LogP contribution in [-0.2, 0) is 14.3 Å². The van der Waals surface area contributed by atoms with Crippen molar-refractivity contribution in [1.82, 2.24) is 4.57 Å². The van der Waals surface area contributed by atoms with Crippen molar-refractivity contribution < 1.29 is 19.1 Å². The van der Waals surface area contributed by atoms with Crippen molar-refractivity contribution in [2.75, 3.05) is 7.11 Å². The van der Waals surface area contributed by atoms with Crippen LogP contribution in [0.1, 0.15) is 44.4 Å². The summed E-state index contributed by atoms with van der Waals surface area (Å²) in [5, 5.41) is 0.836. The molecule has 0 fully saturated rings. The molecule has 1 atom stereocenters. The van der Waals surface area contributed by atoms with E-state index >= 15 is 0 Å². The van der Waals surface area contributed by atoms with Crippen molar-refractivity contribution in [3.05, 3.63) is 48.2 Å². The maximum absolute atomic E-state index is 12.7. The molecule has 1 heterocycles. The van der Waals surface area contributed by atoms with Gasteiger partial charge in [0.15, 0.2) is 0 Å². The first-order chi connectivity index (χ1) is 11.7. The largest absolute Gasteiger partial charge is 0.469 e. The Bertz CT molecular complexity index is 811. The second-order valence-electron chi connectivity index (χ2n) is 6.93. The van der Waals surface area contributed by atoms with Crippen molar-refractivity contribution in [2.24, 2.45) is 0 Å². The number of methoxy groups -OCH3 is 1. The molecule has 1 aromatic carbocycles. The third kappa shape index (κ3) is 3.76. The van der Waals surface area contributed by atoms with Crippen molar-refractivity contribution in [3.8, 4) is 0 Å². The summed E-state index contributed by atoms with van der Waals surface area (Å²) in [4.78, 5) is 25.0. The SMILES string of the molecule is C=CCC(C(=O)OC)c1c(C)n(C(=O)OC(C)(C)C)c2ccccc12. The smallest absolute Gasteiger partial charge is 0.419 e. The van der Waals surface area contributed by atoms with Crippen LogP contribution in [0.15, 0.2) is 36.9 Å². The van der Waals surface area contributed by atoms with Crippen LogP contribution in [0.4, 0.5) is 4.79 Å². The number of benzene rings is 1. The van der Waals surface area contributed by atoms with Gasteiger partial charge >= 0.3 is 12.1 Å². The lowest BCUT2D eigenvalue weighted by Crippen LogP contribution is -2.27. The first kappa shape index (κ1) is 18.8. The number of hydrogen-bond donors (Lipinski definition) is 0. The fourth-order valence-corrected chi connectivity index (χ4v) is 3.02. The first-order valence-corrected chi connectivity index (χ1v) is 8.23. The minimum Gasteiger partial charge on any atom is -0.469 e. The number of rotatable bonds is 4. The summed E-state index contributed by atoms with van der Waals surface area (Å²) in [5.74, 6) is -0.869. The highest BCUT2D eigenvalue weighted by Crippen LogP contribution is 2.35. The Morgan fingerprint density at radius 2 is 1.92 bits per heavy atom. The predicted molar refractivity (Wildman–Crippen MR) is 97.9 cm³/mol. The summed E-state index contributed by atoms with van der Waals surface area (Å²) in [6.07, 6.45) is 1.64. The first-order valence-electron chi connectivity index (χ1n) is 8.23. The van der Waals surface area contributed by atoms with E-state index < -0.39 is 17.6 Å². The summed E-state index contributed by atoms with van der Waals surface area (Å²) in [6.45, 7) is 11.0. The van der Waals surface area contributed by atoms with Gasteiger partial charge < -0.3 is 9.47 Å². The van der Waals surface area contributed by atoms with Crippen LogP contribution >= 0.6 is 0 Å². The van der Waals surface area contributed by atoms with Gasteiger partial charge in [-0.1, -0.05) is 24.3 Å². The molecule has 5 nitrogen and oxygen atoms in total. The topological polar surface area (TPSA) is 57.5 Å². The summed E-state index contributed by atoms with van der Waals surface area (Å²) < 4.78 is 12.0. The number of allylic oxidation sites excluding steroid dienone is 1. The molecule has 0 radical (unpaired) electrons. The van der Waals surface area contributed by atoms with E-state index in [0.717, 1.165) is 10.9 Å². The van der Waals surface area contributed by atoms with Crippen molar-refractivity contribution in [1.29, 1.82) is 0 Å². The van der Waals surface area contributed by atoms with E-state index in [1.165, 1.54) is 11.7 Å². The maximum atomic E-state index is 12.7. The van der Waals surface area contributed by atoms with Gasteiger partial charge in [0.05, 0.1) is 18.5 Å². The number of para-hydroxylation sites is 1. The molecule has 2 aromatic rings. The number of fused-ring (bicyclic) bond motifs is 1. The van der Waals surface area contributed by atoms with Gasteiger partial charge in [-0.05, 0) is 45.7 Å². The van der Waals surface area contributed by atoms with E-state index in [0.29, 0.717) is 17.6 Å². The Labute approximate surface area is 148 Å². The van der Waals surface area contributed by atoms with Gasteiger partial charge in [0.2, 0.25) is 0 Å². The highest BCUT2D eigenvalue weighted by atomic mass is 16.6. The molecule has 1 unspecified atom stereocenters. The van der Waals surface area contributed by atoms with E-state index in [1.54, 1.807) is 6.08 Å². The highest BCUT2D eigenvalue weighted by Gasteiger charge is 2.30.